The first-order valence-electron chi connectivity index (χ1n) is 28.6. The Labute approximate surface area is 614 Å². The summed E-state index contributed by atoms with van der Waals surface area (Å²) in [6, 6.07) is 0.541. The van der Waals surface area contributed by atoms with Gasteiger partial charge in [-0.2, -0.15) is 0 Å². The van der Waals surface area contributed by atoms with E-state index in [4.69, 9.17) is 5.11 Å². The van der Waals surface area contributed by atoms with E-state index in [0.29, 0.717) is 0 Å². The Morgan fingerprint density at radius 3 is 0.651 bits per heavy atom. The van der Waals surface area contributed by atoms with Crippen LogP contribution in [0.4, 0.5) is 0 Å². The molecular formula is C62H132Cu8N8O8. The van der Waals surface area contributed by atoms with Gasteiger partial charge in [-0.05, 0) is 219 Å². The number of nitrogens with zero attached hydrogens (tertiary/aromatic N) is 8. The average Bonchev–Trinajstić information content (AvgIpc) is 3.31. The number of aliphatic hydroxyl groups is 8. The van der Waals surface area contributed by atoms with E-state index in [1.165, 1.54) is 0 Å². The molecule has 4 unspecified atom stereocenters. The average molecular weight is 1630 g/mol. The van der Waals surface area contributed by atoms with E-state index in [1.807, 2.05) is 125 Å². The van der Waals surface area contributed by atoms with Crippen molar-refractivity contribution < 1.29 is 177 Å². The van der Waals surface area contributed by atoms with Crippen LogP contribution in [0.15, 0.2) is 39.9 Å². The van der Waals surface area contributed by atoms with Crippen molar-refractivity contribution in [3.63, 3.8) is 0 Å². The smallest absolute Gasteiger partial charge is 0.0989 e. The molecule has 0 aliphatic carbocycles. The fraction of sp³-hybridized carbons (Fsp3) is 0.871. The molecule has 0 aliphatic rings. The molecule has 8 N–H and O–H groups in total. The van der Waals surface area contributed by atoms with E-state index >= 15 is 0 Å². The summed E-state index contributed by atoms with van der Waals surface area (Å²) in [5, 5.41) is 75.7. The molecule has 0 fully saturated rings. The van der Waals surface area contributed by atoms with E-state index in [0.717, 1.165) is 110 Å². The van der Waals surface area contributed by atoms with Crippen molar-refractivity contribution in [1.82, 2.24) is 0 Å². The Bertz CT molecular complexity index is 1800. The molecule has 0 saturated heterocycles. The van der Waals surface area contributed by atoms with Crippen LogP contribution in [0.5, 0.6) is 0 Å². The maximum Gasteiger partial charge on any atom is 0.0989 e. The zero-order chi connectivity index (χ0) is 64.5. The first kappa shape index (κ1) is 128. The second kappa shape index (κ2) is 66.2. The number of aliphatic imine (C=N–C) groups is 8. The van der Waals surface area contributed by atoms with Crippen molar-refractivity contribution >= 4 is 45.7 Å². The largest absolute Gasteiger partial charge is 0.385 e. The predicted octanol–water partition coefficient (Wildman–Crippen LogP) is 12.2. The molecule has 0 aromatic carbocycles. The van der Waals surface area contributed by atoms with Gasteiger partial charge in [-0.3, -0.25) is 39.9 Å². The van der Waals surface area contributed by atoms with Crippen molar-refractivity contribution in [2.45, 2.75) is 317 Å². The standard InChI is InChI=1S/2C9H19NO.3C8H17NO.2C7H15NO.C6H13NO.8Cu/c1-6-9(5,11)8(4)10-7(2)3;1-5-7-10-8(3)9(4,11)6-2;1-6(2)9-7(3)8(4,5)10;1-5-6-9-7(2)8(3,4)10;1-5-8(4,10)7(3)9-6-2;1-5-7(3,9)6(2)8-4;1-5-8-6(2)7(3,4)9;1-5(7-4)6(2,3)8;;;;;;;;/h7,11H,6H2,1-5H3;11H,5-7H2,1-4H3;6,10H,1-5H3;2*10H,5-6H2,1-4H3;2*9H,5H2,1-4H3;8H,1-4H3;;;;;;;;. The van der Waals surface area contributed by atoms with Gasteiger partial charge in [0.2, 0.25) is 0 Å². The molecule has 16 nitrogen and oxygen atoms in total. The van der Waals surface area contributed by atoms with Crippen molar-refractivity contribution in [2.75, 3.05) is 40.3 Å². The monoisotopic (exact) mass is 1620 g/mol. The Morgan fingerprint density at radius 2 is 0.488 bits per heavy atom. The Hall–Kier alpha value is 1.20. The maximum atomic E-state index is 9.71. The van der Waals surface area contributed by atoms with Crippen LogP contribution in [0, 0.1) is 0 Å². The molecule has 0 rings (SSSR count). The molecule has 0 heterocycles. The third-order valence-electron chi connectivity index (χ3n) is 12.9. The molecule has 86 heavy (non-hydrogen) atoms. The van der Waals surface area contributed by atoms with Crippen LogP contribution in [0.2, 0.25) is 0 Å². The summed E-state index contributed by atoms with van der Waals surface area (Å²) in [5.74, 6) is 0. The predicted molar refractivity (Wildman–Crippen MR) is 347 cm³/mol. The summed E-state index contributed by atoms with van der Waals surface area (Å²) in [6.07, 6.45) is 4.96. The fourth-order valence-corrected chi connectivity index (χ4v) is 4.37. The molecule has 0 aromatic heterocycles. The molecule has 24 heteroatoms. The zero-order valence-electron chi connectivity index (χ0n) is 59.8. The van der Waals surface area contributed by atoms with E-state index in [1.54, 1.807) is 97.2 Å². The van der Waals surface area contributed by atoms with Crippen LogP contribution >= 0.6 is 0 Å². The normalized spacial score (nSPS) is 15.0. The summed E-state index contributed by atoms with van der Waals surface area (Å²) >= 11 is 0. The molecule has 0 aromatic rings. The first-order chi connectivity index (χ1) is 34.8. The number of hydrogen-bond acceptors (Lipinski definition) is 16. The van der Waals surface area contributed by atoms with Crippen molar-refractivity contribution in [3.05, 3.63) is 0 Å². The van der Waals surface area contributed by atoms with Crippen molar-refractivity contribution in [3.8, 4) is 0 Å². The summed E-state index contributed by atoms with van der Waals surface area (Å²) in [6.45, 7) is 62.9. The minimum atomic E-state index is -0.760. The zero-order valence-corrected chi connectivity index (χ0v) is 67.3. The Balaban J connectivity index is -0.0000000460. The molecule has 8 radical (unpaired) electrons. The molecular weight excluding hydrogens is 1490 g/mol. The van der Waals surface area contributed by atoms with Gasteiger partial charge >= 0.3 is 0 Å². The quantitative estimate of drug-likeness (QED) is 0.0428. The van der Waals surface area contributed by atoms with E-state index < -0.39 is 44.8 Å². The summed E-state index contributed by atoms with van der Waals surface area (Å²) in [4.78, 5) is 32.9. The van der Waals surface area contributed by atoms with E-state index in [-0.39, 0.29) is 149 Å². The Morgan fingerprint density at radius 1 is 0.291 bits per heavy atom. The molecule has 0 bridgehead atoms. The summed E-state index contributed by atoms with van der Waals surface area (Å²) in [7, 11) is 3.37. The number of hydrogen-bond donors (Lipinski definition) is 8. The van der Waals surface area contributed by atoms with Gasteiger partial charge in [0, 0.05) is 235 Å². The fourth-order valence-electron chi connectivity index (χ4n) is 4.37. The molecule has 4 atom stereocenters. The topological polar surface area (TPSA) is 261 Å². The van der Waals surface area contributed by atoms with Crippen molar-refractivity contribution in [2.24, 2.45) is 39.9 Å². The summed E-state index contributed by atoms with van der Waals surface area (Å²) in [5.41, 5.74) is 0.674. The maximum absolute atomic E-state index is 9.71. The van der Waals surface area contributed by atoms with Crippen LogP contribution in [-0.4, -0.2) is 184 Å². The first-order valence-corrected chi connectivity index (χ1v) is 28.6. The van der Waals surface area contributed by atoms with Crippen LogP contribution in [0.1, 0.15) is 260 Å². The molecule has 0 amide bonds. The van der Waals surface area contributed by atoms with Gasteiger partial charge in [-0.25, -0.2) is 0 Å². The number of rotatable bonds is 20. The minimum absolute atomic E-state index is 0. The third-order valence-corrected chi connectivity index (χ3v) is 12.9. The van der Waals surface area contributed by atoms with Gasteiger partial charge in [-0.1, -0.05) is 41.5 Å². The van der Waals surface area contributed by atoms with Crippen LogP contribution in [0.3, 0.4) is 0 Å². The molecule has 556 valence electrons. The van der Waals surface area contributed by atoms with E-state index in [2.05, 4.69) is 53.8 Å². The Kier molecular flexibility index (Phi) is 98.4. The molecule has 0 spiro atoms. The second-order valence-corrected chi connectivity index (χ2v) is 23.0. The van der Waals surface area contributed by atoms with Gasteiger partial charge in [0.05, 0.1) is 44.8 Å². The second-order valence-electron chi connectivity index (χ2n) is 23.0. The van der Waals surface area contributed by atoms with Gasteiger partial charge in [0.15, 0.2) is 0 Å². The van der Waals surface area contributed by atoms with Gasteiger partial charge in [0.1, 0.15) is 0 Å². The molecule has 0 saturated carbocycles. The van der Waals surface area contributed by atoms with Gasteiger partial charge in [-0.15, -0.1) is 0 Å². The van der Waals surface area contributed by atoms with Gasteiger partial charge < -0.3 is 40.9 Å². The third kappa shape index (κ3) is 79.4. The van der Waals surface area contributed by atoms with E-state index in [9.17, 15) is 35.7 Å². The van der Waals surface area contributed by atoms with Crippen molar-refractivity contribution in [1.29, 1.82) is 0 Å². The SMILES string of the molecule is CC(=NC(C)C)C(C)(C)O.CCC(C)(O)C(C)=NC.CCC(C)(O)C(C)=NC(C)C.CCCN=C(C)C(C)(C)O.CCCN=C(C)C(C)(O)CC.CCN=C(C)C(C)(C)O.CCN=C(C)C(C)(O)CC.CN=C(C)C(C)(C)O.[Cu].[Cu].[Cu].[Cu].[Cu].[Cu].[Cu].[Cu]. The molecule has 0 aliphatic heterocycles. The summed E-state index contributed by atoms with van der Waals surface area (Å²) < 4.78 is 0. The van der Waals surface area contributed by atoms with Crippen LogP contribution in [-0.2, 0) is 137 Å². The van der Waals surface area contributed by atoms with Gasteiger partial charge in [0.25, 0.3) is 0 Å². The van der Waals surface area contributed by atoms with Crippen LogP contribution < -0.4 is 0 Å². The van der Waals surface area contributed by atoms with Crippen LogP contribution in [0.25, 0.3) is 0 Å². The minimum Gasteiger partial charge on any atom is -0.385 e.